The molecule has 4 unspecified atom stereocenters. The minimum atomic E-state index is -1.30. The zero-order valence-corrected chi connectivity index (χ0v) is 22.2. The van der Waals surface area contributed by atoms with Gasteiger partial charge in [0.25, 0.3) is 0 Å². The van der Waals surface area contributed by atoms with Gasteiger partial charge in [-0.3, -0.25) is 24.2 Å². The SMILES string of the molecule is CC(C)CC(NC(=O)C(N)CCC(N)=O)C(=O)NC(CCCN=C(N)N)C(=O)NC(Cc1cnc[nH]1)C(=O)O. The molecule has 0 radical (unpaired) electrons. The van der Waals surface area contributed by atoms with Gasteiger partial charge in [0.15, 0.2) is 5.96 Å². The number of nitrogens with one attached hydrogen (secondary N) is 4. The smallest absolute Gasteiger partial charge is 0.326 e. The molecule has 0 saturated heterocycles. The number of aliphatic carboxylic acids is 1. The van der Waals surface area contributed by atoms with Crippen molar-refractivity contribution in [1.29, 1.82) is 0 Å². The lowest BCUT2D eigenvalue weighted by atomic mass is 10.0. The van der Waals surface area contributed by atoms with Crippen LogP contribution in [0.1, 0.15) is 51.6 Å². The Morgan fingerprint density at radius 1 is 0.974 bits per heavy atom. The van der Waals surface area contributed by atoms with Crippen molar-refractivity contribution >= 4 is 35.6 Å². The van der Waals surface area contributed by atoms with E-state index >= 15 is 0 Å². The lowest BCUT2D eigenvalue weighted by molar-refractivity contribution is -0.142. The molecule has 1 heterocycles. The van der Waals surface area contributed by atoms with Crippen LogP contribution < -0.4 is 38.9 Å². The first-order valence-electron chi connectivity index (χ1n) is 12.5. The fourth-order valence-electron chi connectivity index (χ4n) is 3.54. The number of aliphatic imine (C=N–C) groups is 1. The van der Waals surface area contributed by atoms with Crippen LogP contribution in [-0.2, 0) is 30.4 Å². The third kappa shape index (κ3) is 13.2. The number of hydrogen-bond donors (Lipinski definition) is 9. The van der Waals surface area contributed by atoms with Crippen molar-refractivity contribution < 1.29 is 29.1 Å². The molecule has 39 heavy (non-hydrogen) atoms. The topological polar surface area (TPSA) is 287 Å². The normalized spacial score (nSPS) is 13.9. The minimum Gasteiger partial charge on any atom is -0.480 e. The molecular formula is C23H40N10O6. The Balaban J connectivity index is 3.03. The highest BCUT2D eigenvalue weighted by molar-refractivity contribution is 5.94. The van der Waals surface area contributed by atoms with Crippen molar-refractivity contribution in [2.75, 3.05) is 6.54 Å². The van der Waals surface area contributed by atoms with Gasteiger partial charge in [-0.15, -0.1) is 0 Å². The van der Waals surface area contributed by atoms with Crippen molar-refractivity contribution in [3.8, 4) is 0 Å². The number of rotatable bonds is 18. The maximum Gasteiger partial charge on any atom is 0.326 e. The summed E-state index contributed by atoms with van der Waals surface area (Å²) >= 11 is 0. The Morgan fingerprint density at radius 3 is 2.13 bits per heavy atom. The van der Waals surface area contributed by atoms with Crippen LogP contribution in [-0.4, -0.2) is 81.3 Å². The van der Waals surface area contributed by atoms with Crippen molar-refractivity contribution in [2.24, 2.45) is 33.8 Å². The molecule has 0 aliphatic carbocycles. The van der Waals surface area contributed by atoms with E-state index in [1.165, 1.54) is 12.5 Å². The van der Waals surface area contributed by atoms with Gasteiger partial charge in [-0.2, -0.15) is 0 Å². The maximum atomic E-state index is 13.2. The van der Waals surface area contributed by atoms with Gasteiger partial charge in [-0.1, -0.05) is 13.8 Å². The summed E-state index contributed by atoms with van der Waals surface area (Å²) in [6.07, 6.45) is 3.23. The van der Waals surface area contributed by atoms with E-state index in [1.807, 2.05) is 13.8 Å². The Bertz CT molecular complexity index is 994. The second-order valence-corrected chi connectivity index (χ2v) is 9.49. The number of carboxylic acid groups (broad SMARTS) is 1. The number of carboxylic acids is 1. The van der Waals surface area contributed by atoms with Crippen molar-refractivity contribution in [2.45, 2.75) is 76.5 Å². The number of amides is 4. The molecule has 13 N–H and O–H groups in total. The van der Waals surface area contributed by atoms with Crippen LogP contribution >= 0.6 is 0 Å². The van der Waals surface area contributed by atoms with E-state index < -0.39 is 53.8 Å². The molecule has 1 aromatic rings. The molecule has 16 heteroatoms. The Hall–Kier alpha value is -4.21. The fraction of sp³-hybridized carbons (Fsp3) is 0.609. The number of nitrogens with two attached hydrogens (primary N) is 4. The van der Waals surface area contributed by atoms with E-state index in [9.17, 15) is 29.1 Å². The highest BCUT2D eigenvalue weighted by atomic mass is 16.4. The molecule has 218 valence electrons. The number of guanidine groups is 1. The summed E-state index contributed by atoms with van der Waals surface area (Å²) in [6.45, 7) is 3.84. The summed E-state index contributed by atoms with van der Waals surface area (Å²) in [5.41, 5.74) is 22.1. The monoisotopic (exact) mass is 552 g/mol. The first-order valence-corrected chi connectivity index (χ1v) is 12.5. The van der Waals surface area contributed by atoms with Crippen LogP contribution in [0, 0.1) is 5.92 Å². The molecular weight excluding hydrogens is 512 g/mol. The molecule has 4 amide bonds. The highest BCUT2D eigenvalue weighted by Gasteiger charge is 2.30. The summed E-state index contributed by atoms with van der Waals surface area (Å²) < 4.78 is 0. The van der Waals surface area contributed by atoms with Gasteiger partial charge in [0.2, 0.25) is 23.6 Å². The molecule has 4 atom stereocenters. The van der Waals surface area contributed by atoms with E-state index in [1.54, 1.807) is 0 Å². The van der Waals surface area contributed by atoms with Gasteiger partial charge in [0.05, 0.1) is 12.4 Å². The predicted molar refractivity (Wildman–Crippen MR) is 141 cm³/mol. The summed E-state index contributed by atoms with van der Waals surface area (Å²) in [5.74, 6) is -4.12. The minimum absolute atomic E-state index is 0.0000841. The van der Waals surface area contributed by atoms with Gasteiger partial charge >= 0.3 is 5.97 Å². The van der Waals surface area contributed by atoms with Crippen LogP contribution in [0.3, 0.4) is 0 Å². The van der Waals surface area contributed by atoms with Gasteiger partial charge in [-0.05, 0) is 31.6 Å². The maximum absolute atomic E-state index is 13.2. The average Bonchev–Trinajstić information content (AvgIpc) is 3.35. The molecule has 0 aromatic carbocycles. The van der Waals surface area contributed by atoms with E-state index in [4.69, 9.17) is 22.9 Å². The van der Waals surface area contributed by atoms with Crippen molar-refractivity contribution in [3.05, 3.63) is 18.2 Å². The Labute approximate surface area is 226 Å². The van der Waals surface area contributed by atoms with Crippen LogP contribution in [0.5, 0.6) is 0 Å². The molecule has 0 aliphatic heterocycles. The van der Waals surface area contributed by atoms with E-state index in [-0.39, 0.29) is 56.9 Å². The number of aromatic nitrogens is 2. The number of nitrogens with zero attached hydrogens (tertiary/aromatic N) is 2. The van der Waals surface area contributed by atoms with E-state index in [0.29, 0.717) is 5.69 Å². The molecule has 0 spiro atoms. The van der Waals surface area contributed by atoms with Crippen LogP contribution in [0.25, 0.3) is 0 Å². The molecule has 0 saturated carbocycles. The molecule has 1 aromatic heterocycles. The molecule has 1 rings (SSSR count). The number of aromatic amines is 1. The summed E-state index contributed by atoms with van der Waals surface area (Å²) in [4.78, 5) is 72.2. The van der Waals surface area contributed by atoms with Gasteiger partial charge in [-0.25, -0.2) is 9.78 Å². The van der Waals surface area contributed by atoms with Gasteiger partial charge in [0.1, 0.15) is 18.1 Å². The zero-order chi connectivity index (χ0) is 29.5. The van der Waals surface area contributed by atoms with E-state index in [2.05, 4.69) is 30.9 Å². The molecule has 0 fully saturated rings. The Kier molecular flexibility index (Phi) is 14.0. The molecule has 0 aliphatic rings. The number of hydrogen-bond acceptors (Lipinski definition) is 8. The standard InChI is InChI=1S/C23H40N10O6/c1-12(2)8-16(32-19(35)14(24)5-6-18(25)34)21(37)31-15(4-3-7-29-23(26)27)20(36)33-17(22(38)39)9-13-10-28-11-30-13/h10-12,14-17H,3-9,24H2,1-2H3,(H2,25,34)(H,28,30)(H,31,37)(H,32,35)(H,33,36)(H,38,39)(H4,26,27,29). The zero-order valence-electron chi connectivity index (χ0n) is 22.2. The lowest BCUT2D eigenvalue weighted by Crippen LogP contribution is -2.57. The Morgan fingerprint density at radius 2 is 1.59 bits per heavy atom. The predicted octanol–water partition coefficient (Wildman–Crippen LogP) is -2.82. The molecule has 16 nitrogen and oxygen atoms in total. The second-order valence-electron chi connectivity index (χ2n) is 9.49. The summed E-state index contributed by atoms with van der Waals surface area (Å²) in [7, 11) is 0. The van der Waals surface area contributed by atoms with Gasteiger partial charge in [0, 0.05) is 31.3 Å². The number of H-pyrrole nitrogens is 1. The van der Waals surface area contributed by atoms with Crippen molar-refractivity contribution in [1.82, 2.24) is 25.9 Å². The number of carbonyl (C=O) groups is 5. The first-order chi connectivity index (χ1) is 18.3. The quantitative estimate of drug-likeness (QED) is 0.0511. The van der Waals surface area contributed by atoms with Crippen LogP contribution in [0.15, 0.2) is 17.5 Å². The average molecular weight is 553 g/mol. The lowest BCUT2D eigenvalue weighted by Gasteiger charge is -2.26. The third-order valence-electron chi connectivity index (χ3n) is 5.55. The van der Waals surface area contributed by atoms with Crippen molar-refractivity contribution in [3.63, 3.8) is 0 Å². The molecule has 0 bridgehead atoms. The summed E-state index contributed by atoms with van der Waals surface area (Å²) in [5, 5.41) is 17.2. The number of carbonyl (C=O) groups excluding carboxylic acids is 4. The highest BCUT2D eigenvalue weighted by Crippen LogP contribution is 2.09. The second kappa shape index (κ2) is 16.6. The van der Waals surface area contributed by atoms with Gasteiger partial charge < -0.3 is 49.0 Å². The number of primary amides is 1. The fourth-order valence-corrected chi connectivity index (χ4v) is 3.54. The first kappa shape index (κ1) is 32.8. The largest absolute Gasteiger partial charge is 0.480 e. The van der Waals surface area contributed by atoms with Crippen LogP contribution in [0.2, 0.25) is 0 Å². The summed E-state index contributed by atoms with van der Waals surface area (Å²) in [6, 6.07) is -4.59. The van der Waals surface area contributed by atoms with Crippen LogP contribution in [0.4, 0.5) is 0 Å². The number of imidazole rings is 1. The van der Waals surface area contributed by atoms with E-state index in [0.717, 1.165) is 0 Å². The third-order valence-corrected chi connectivity index (χ3v) is 5.55.